The lowest BCUT2D eigenvalue weighted by Gasteiger charge is -2.21. The molecule has 2 heterocycles. The van der Waals surface area contributed by atoms with Crippen LogP contribution in [-0.2, 0) is 16.0 Å². The molecular formula is C23H25N3O4. The van der Waals surface area contributed by atoms with Crippen molar-refractivity contribution < 1.29 is 19.1 Å². The molecule has 2 aromatic carbocycles. The van der Waals surface area contributed by atoms with Crippen molar-refractivity contribution in [3.05, 3.63) is 54.2 Å². The lowest BCUT2D eigenvalue weighted by Crippen LogP contribution is -2.38. The Kier molecular flexibility index (Phi) is 5.88. The van der Waals surface area contributed by atoms with Crippen molar-refractivity contribution in [2.45, 2.75) is 19.8 Å². The van der Waals surface area contributed by atoms with E-state index in [1.54, 1.807) is 23.1 Å². The highest BCUT2D eigenvalue weighted by Gasteiger charge is 2.18. The van der Waals surface area contributed by atoms with Crippen molar-refractivity contribution >= 4 is 28.4 Å². The van der Waals surface area contributed by atoms with E-state index in [1.807, 2.05) is 37.4 Å². The number of anilines is 1. The quantitative estimate of drug-likeness (QED) is 0.629. The second-order valence-corrected chi connectivity index (χ2v) is 7.17. The Labute approximate surface area is 175 Å². The van der Waals surface area contributed by atoms with Crippen LogP contribution in [0.25, 0.3) is 10.9 Å². The number of aromatic nitrogens is 1. The SMILES string of the molecule is CCN(CC(=O)Nc1ccc2c(c1)OCCO2)C(=O)CCc1c[nH]c2ccccc12. The van der Waals surface area contributed by atoms with Gasteiger partial charge in [0.2, 0.25) is 11.8 Å². The van der Waals surface area contributed by atoms with Gasteiger partial charge in [0.25, 0.3) is 0 Å². The average Bonchev–Trinajstić information content (AvgIpc) is 3.19. The zero-order valence-corrected chi connectivity index (χ0v) is 16.9. The lowest BCUT2D eigenvalue weighted by molar-refractivity contribution is -0.134. The fourth-order valence-corrected chi connectivity index (χ4v) is 3.61. The van der Waals surface area contributed by atoms with Crippen LogP contribution in [0, 0.1) is 0 Å². The van der Waals surface area contributed by atoms with Gasteiger partial charge in [0.05, 0.1) is 6.54 Å². The van der Waals surface area contributed by atoms with Gasteiger partial charge in [0, 0.05) is 41.8 Å². The Morgan fingerprint density at radius 2 is 1.90 bits per heavy atom. The van der Waals surface area contributed by atoms with Crippen LogP contribution in [0.3, 0.4) is 0 Å². The van der Waals surface area contributed by atoms with E-state index in [0.717, 1.165) is 16.5 Å². The summed E-state index contributed by atoms with van der Waals surface area (Å²) >= 11 is 0. The van der Waals surface area contributed by atoms with Gasteiger partial charge in [-0.15, -0.1) is 0 Å². The molecule has 0 atom stereocenters. The van der Waals surface area contributed by atoms with Gasteiger partial charge in [0.15, 0.2) is 11.5 Å². The second-order valence-electron chi connectivity index (χ2n) is 7.17. The third-order valence-electron chi connectivity index (χ3n) is 5.18. The molecule has 0 fully saturated rings. The minimum Gasteiger partial charge on any atom is -0.486 e. The maximum absolute atomic E-state index is 12.7. The number of aromatic amines is 1. The molecule has 2 N–H and O–H groups in total. The summed E-state index contributed by atoms with van der Waals surface area (Å²) in [5, 5.41) is 3.96. The number of hydrogen-bond donors (Lipinski definition) is 2. The van der Waals surface area contributed by atoms with Crippen molar-refractivity contribution in [2.24, 2.45) is 0 Å². The first-order chi connectivity index (χ1) is 14.6. The maximum Gasteiger partial charge on any atom is 0.243 e. The molecular weight excluding hydrogens is 382 g/mol. The molecule has 7 nitrogen and oxygen atoms in total. The minimum atomic E-state index is -0.242. The van der Waals surface area contributed by atoms with Gasteiger partial charge in [-0.1, -0.05) is 18.2 Å². The molecule has 3 aromatic rings. The van der Waals surface area contributed by atoms with Crippen LogP contribution in [-0.4, -0.2) is 48.0 Å². The van der Waals surface area contributed by atoms with Gasteiger partial charge in [-0.2, -0.15) is 0 Å². The van der Waals surface area contributed by atoms with Gasteiger partial charge >= 0.3 is 0 Å². The summed E-state index contributed by atoms with van der Waals surface area (Å²) < 4.78 is 11.0. The first-order valence-corrected chi connectivity index (χ1v) is 10.2. The van der Waals surface area contributed by atoms with E-state index in [9.17, 15) is 9.59 Å². The molecule has 7 heteroatoms. The highest BCUT2D eigenvalue weighted by Crippen LogP contribution is 2.32. The summed E-state index contributed by atoms with van der Waals surface area (Å²) in [6, 6.07) is 13.3. The number of amides is 2. The van der Waals surface area contributed by atoms with Crippen LogP contribution in [0.15, 0.2) is 48.7 Å². The molecule has 0 bridgehead atoms. The lowest BCUT2D eigenvalue weighted by atomic mass is 10.1. The van der Waals surface area contributed by atoms with Gasteiger partial charge in [-0.05, 0) is 37.1 Å². The van der Waals surface area contributed by atoms with Gasteiger partial charge in [-0.25, -0.2) is 0 Å². The Bertz CT molecular complexity index is 1060. The summed E-state index contributed by atoms with van der Waals surface area (Å²) in [7, 11) is 0. The molecule has 0 aliphatic carbocycles. The number of hydrogen-bond acceptors (Lipinski definition) is 4. The van der Waals surface area contributed by atoms with Crippen molar-refractivity contribution in [3.63, 3.8) is 0 Å². The molecule has 2 amide bonds. The van der Waals surface area contributed by atoms with Crippen LogP contribution in [0.2, 0.25) is 0 Å². The molecule has 30 heavy (non-hydrogen) atoms. The number of benzene rings is 2. The Balaban J connectivity index is 1.33. The molecule has 1 aliphatic heterocycles. The van der Waals surface area contributed by atoms with Gasteiger partial charge < -0.3 is 24.7 Å². The van der Waals surface area contributed by atoms with E-state index in [2.05, 4.69) is 10.3 Å². The van der Waals surface area contributed by atoms with Crippen LogP contribution in [0.1, 0.15) is 18.9 Å². The number of fused-ring (bicyclic) bond motifs is 2. The predicted octanol–water partition coefficient (Wildman–Crippen LogP) is 3.36. The molecule has 4 rings (SSSR count). The highest BCUT2D eigenvalue weighted by molar-refractivity contribution is 5.95. The second kappa shape index (κ2) is 8.90. The normalized spacial score (nSPS) is 12.6. The minimum absolute atomic E-state index is 0.0116. The van der Waals surface area contributed by atoms with E-state index >= 15 is 0 Å². The fraction of sp³-hybridized carbons (Fsp3) is 0.304. The van der Waals surface area contributed by atoms with Crippen LogP contribution < -0.4 is 14.8 Å². The number of para-hydroxylation sites is 1. The molecule has 0 saturated carbocycles. The Morgan fingerprint density at radius 3 is 2.73 bits per heavy atom. The maximum atomic E-state index is 12.7. The zero-order chi connectivity index (χ0) is 20.9. The molecule has 0 radical (unpaired) electrons. The molecule has 0 saturated heterocycles. The standard InChI is InChI=1S/C23H25N3O4/c1-2-26(23(28)10-7-16-14-24-19-6-4-3-5-18(16)19)15-22(27)25-17-8-9-20-21(13-17)30-12-11-29-20/h3-6,8-9,13-14,24H,2,7,10-12,15H2,1H3,(H,25,27). The summed E-state index contributed by atoms with van der Waals surface area (Å²) in [6.45, 7) is 3.36. The topological polar surface area (TPSA) is 83.7 Å². The number of ether oxygens (including phenoxy) is 2. The van der Waals surface area contributed by atoms with Crippen LogP contribution in [0.4, 0.5) is 5.69 Å². The smallest absolute Gasteiger partial charge is 0.243 e. The number of rotatable bonds is 7. The third kappa shape index (κ3) is 4.40. The number of carbonyl (C=O) groups is 2. The Morgan fingerprint density at radius 1 is 1.10 bits per heavy atom. The predicted molar refractivity (Wildman–Crippen MR) is 115 cm³/mol. The van der Waals surface area contributed by atoms with Crippen molar-refractivity contribution in [1.82, 2.24) is 9.88 Å². The van der Waals surface area contributed by atoms with Gasteiger partial charge in [0.1, 0.15) is 13.2 Å². The number of carbonyl (C=O) groups excluding carboxylic acids is 2. The molecule has 1 aliphatic rings. The number of aryl methyl sites for hydroxylation is 1. The highest BCUT2D eigenvalue weighted by atomic mass is 16.6. The first-order valence-electron chi connectivity index (χ1n) is 10.2. The molecule has 156 valence electrons. The summed E-state index contributed by atoms with van der Waals surface area (Å²) in [6.07, 6.45) is 2.93. The molecule has 0 spiro atoms. The third-order valence-corrected chi connectivity index (χ3v) is 5.18. The number of nitrogens with zero attached hydrogens (tertiary/aromatic N) is 1. The largest absolute Gasteiger partial charge is 0.486 e. The fourth-order valence-electron chi connectivity index (χ4n) is 3.61. The summed E-state index contributed by atoms with van der Waals surface area (Å²) in [4.78, 5) is 30.0. The van der Waals surface area contributed by atoms with E-state index in [4.69, 9.17) is 9.47 Å². The monoisotopic (exact) mass is 407 g/mol. The summed E-state index contributed by atoms with van der Waals surface area (Å²) in [5.41, 5.74) is 2.79. The van der Waals surface area contributed by atoms with Crippen molar-refractivity contribution in [2.75, 3.05) is 31.6 Å². The van der Waals surface area contributed by atoms with Crippen molar-refractivity contribution in [1.29, 1.82) is 0 Å². The van der Waals surface area contributed by atoms with E-state index < -0.39 is 0 Å². The zero-order valence-electron chi connectivity index (χ0n) is 16.9. The Hall–Kier alpha value is -3.48. The van der Waals surface area contributed by atoms with E-state index in [1.165, 1.54) is 0 Å². The number of nitrogens with one attached hydrogen (secondary N) is 2. The first kappa shape index (κ1) is 19.8. The van der Waals surface area contributed by atoms with Crippen LogP contribution >= 0.6 is 0 Å². The average molecular weight is 407 g/mol. The van der Waals surface area contributed by atoms with Crippen molar-refractivity contribution in [3.8, 4) is 11.5 Å². The molecule has 1 aromatic heterocycles. The number of likely N-dealkylation sites (N-methyl/N-ethyl adjacent to an activating group) is 1. The number of H-pyrrole nitrogens is 1. The van der Waals surface area contributed by atoms with E-state index in [-0.39, 0.29) is 18.4 Å². The molecule has 0 unspecified atom stereocenters. The summed E-state index contributed by atoms with van der Waals surface area (Å²) in [5.74, 6) is 0.997. The van der Waals surface area contributed by atoms with Gasteiger partial charge in [-0.3, -0.25) is 9.59 Å². The van der Waals surface area contributed by atoms with Crippen LogP contribution in [0.5, 0.6) is 11.5 Å². The van der Waals surface area contributed by atoms with E-state index in [0.29, 0.717) is 49.8 Å².